The van der Waals surface area contributed by atoms with Gasteiger partial charge in [0.1, 0.15) is 5.02 Å². The van der Waals surface area contributed by atoms with Crippen LogP contribution in [-0.4, -0.2) is 110 Å². The van der Waals surface area contributed by atoms with Crippen LogP contribution in [-0.2, 0) is 33.4 Å². The standard InChI is InChI=1S/C38H57ClN8O7/c1-3-5-15-34(49)40-18-10-21-52-23-25-54-26-24-53-22-11-19-41-35(50)16-8-17-36(51)47-20-9-12-29(28-47)43-38-42-27-30(39)37(46-38)45-32-14-7-6-13-31(32)44-33(48)4-2/h4,6-7,13-14,27,29H,2-3,5,8-12,15-26,28H2,1H3,(H,40,49)(H,41,50)(H,44,48)(H2,42,43,45,46)/t29-/m0/s1. The van der Waals surface area contributed by atoms with E-state index in [1.165, 1.54) is 12.3 Å². The van der Waals surface area contributed by atoms with Crippen molar-refractivity contribution in [1.82, 2.24) is 25.5 Å². The number of ether oxygens (including phenoxy) is 3. The fraction of sp³-hybridized carbons (Fsp3) is 0.579. The van der Waals surface area contributed by atoms with Crippen molar-refractivity contribution in [1.29, 1.82) is 0 Å². The van der Waals surface area contributed by atoms with Crippen LogP contribution >= 0.6 is 11.6 Å². The summed E-state index contributed by atoms with van der Waals surface area (Å²) < 4.78 is 16.6. The zero-order valence-corrected chi connectivity index (χ0v) is 32.2. The SMILES string of the molecule is C=CC(=O)Nc1ccccc1Nc1nc(N[C@H]2CCCN(C(=O)CCCC(=O)NCCCOCCOCCOCCCNC(=O)CCCC)C2)ncc1Cl. The summed E-state index contributed by atoms with van der Waals surface area (Å²) in [6, 6.07) is 7.10. The van der Waals surface area contributed by atoms with Crippen molar-refractivity contribution >= 4 is 58.4 Å². The van der Waals surface area contributed by atoms with Gasteiger partial charge in [-0.05, 0) is 56.7 Å². The quantitative estimate of drug-likeness (QED) is 0.0620. The van der Waals surface area contributed by atoms with Gasteiger partial charge in [-0.1, -0.05) is 43.7 Å². The molecule has 1 fully saturated rings. The minimum atomic E-state index is -0.343. The smallest absolute Gasteiger partial charge is 0.247 e. The van der Waals surface area contributed by atoms with Gasteiger partial charge in [-0.15, -0.1) is 0 Å². The number of piperidine rings is 1. The second-order valence-electron chi connectivity index (χ2n) is 12.8. The highest BCUT2D eigenvalue weighted by molar-refractivity contribution is 6.33. The lowest BCUT2D eigenvalue weighted by Gasteiger charge is -2.33. The molecule has 0 saturated carbocycles. The molecule has 5 N–H and O–H groups in total. The average Bonchev–Trinajstić information content (AvgIpc) is 3.17. The van der Waals surface area contributed by atoms with Crippen molar-refractivity contribution in [2.75, 3.05) is 81.8 Å². The minimum absolute atomic E-state index is 0.0113. The number of carbonyl (C=O) groups is 4. The third-order valence-corrected chi connectivity index (χ3v) is 8.62. The predicted molar refractivity (Wildman–Crippen MR) is 210 cm³/mol. The number of rotatable bonds is 27. The second-order valence-corrected chi connectivity index (χ2v) is 13.2. The van der Waals surface area contributed by atoms with Crippen LogP contribution in [0.25, 0.3) is 0 Å². The maximum absolute atomic E-state index is 13.0. The van der Waals surface area contributed by atoms with Gasteiger partial charge in [0.05, 0.1) is 44.0 Å². The summed E-state index contributed by atoms with van der Waals surface area (Å²) in [5.74, 6) is 0.403. The summed E-state index contributed by atoms with van der Waals surface area (Å²) in [5, 5.41) is 15.3. The Kier molecular flexibility index (Phi) is 21.6. The van der Waals surface area contributed by atoms with Gasteiger partial charge < -0.3 is 45.7 Å². The van der Waals surface area contributed by atoms with Crippen LogP contribution in [0.1, 0.15) is 71.1 Å². The number of aromatic nitrogens is 2. The molecule has 4 amide bonds. The van der Waals surface area contributed by atoms with E-state index >= 15 is 0 Å². The number of hydrogen-bond donors (Lipinski definition) is 5. The zero-order chi connectivity index (χ0) is 38.8. The Hall–Kier alpha value is -4.31. The van der Waals surface area contributed by atoms with Crippen LogP contribution in [0.2, 0.25) is 5.02 Å². The number of amides is 4. The lowest BCUT2D eigenvalue weighted by Crippen LogP contribution is -2.45. The number of nitrogens with one attached hydrogen (secondary N) is 5. The van der Waals surface area contributed by atoms with Crippen molar-refractivity contribution in [3.63, 3.8) is 0 Å². The average molecular weight is 773 g/mol. The zero-order valence-electron chi connectivity index (χ0n) is 31.5. The van der Waals surface area contributed by atoms with Gasteiger partial charge in [-0.2, -0.15) is 4.98 Å². The highest BCUT2D eigenvalue weighted by Gasteiger charge is 2.24. The minimum Gasteiger partial charge on any atom is -0.379 e. The summed E-state index contributed by atoms with van der Waals surface area (Å²) in [5.41, 5.74) is 1.14. The number of para-hydroxylation sites is 2. The van der Waals surface area contributed by atoms with Crippen molar-refractivity contribution in [2.45, 2.75) is 77.2 Å². The number of halogens is 1. The second kappa shape index (κ2) is 26.5. The lowest BCUT2D eigenvalue weighted by atomic mass is 10.0. The molecule has 0 spiro atoms. The molecule has 298 valence electrons. The molecule has 1 aliphatic rings. The first-order valence-corrected chi connectivity index (χ1v) is 19.3. The van der Waals surface area contributed by atoms with Crippen LogP contribution in [0.4, 0.5) is 23.1 Å². The molecule has 16 heteroatoms. The molecule has 2 aromatic rings. The van der Waals surface area contributed by atoms with Gasteiger partial charge in [-0.3, -0.25) is 19.2 Å². The number of unbranched alkanes of at least 4 members (excludes halogenated alkanes) is 1. The van der Waals surface area contributed by atoms with Gasteiger partial charge in [0.25, 0.3) is 0 Å². The van der Waals surface area contributed by atoms with Crippen molar-refractivity contribution in [2.24, 2.45) is 0 Å². The number of benzene rings is 1. The fourth-order valence-electron chi connectivity index (χ4n) is 5.46. The molecular formula is C38H57ClN8O7. The molecule has 0 bridgehead atoms. The summed E-state index contributed by atoms with van der Waals surface area (Å²) in [6.07, 6.45) is 9.35. The fourth-order valence-corrected chi connectivity index (χ4v) is 5.60. The van der Waals surface area contributed by atoms with Crippen molar-refractivity contribution < 1.29 is 33.4 Å². The third kappa shape index (κ3) is 18.1. The number of likely N-dealkylation sites (tertiary alicyclic amines) is 1. The maximum Gasteiger partial charge on any atom is 0.247 e. The number of anilines is 4. The summed E-state index contributed by atoms with van der Waals surface area (Å²) in [4.78, 5) is 59.4. The van der Waals surface area contributed by atoms with E-state index in [0.717, 1.165) is 32.1 Å². The predicted octanol–water partition coefficient (Wildman–Crippen LogP) is 4.82. The normalized spacial score (nSPS) is 13.9. The highest BCUT2D eigenvalue weighted by atomic mass is 35.5. The van der Waals surface area contributed by atoms with Crippen LogP contribution in [0.15, 0.2) is 43.1 Å². The number of carbonyl (C=O) groups excluding carboxylic acids is 4. The van der Waals surface area contributed by atoms with E-state index in [4.69, 9.17) is 25.8 Å². The summed E-state index contributed by atoms with van der Waals surface area (Å²) >= 11 is 6.39. The van der Waals surface area contributed by atoms with E-state index in [1.54, 1.807) is 18.2 Å². The van der Waals surface area contributed by atoms with Gasteiger partial charge in [0.2, 0.25) is 29.6 Å². The Morgan fingerprint density at radius 2 is 1.52 bits per heavy atom. The number of nitrogens with zero attached hydrogens (tertiary/aromatic N) is 3. The van der Waals surface area contributed by atoms with Crippen molar-refractivity contribution in [3.8, 4) is 0 Å². The van der Waals surface area contributed by atoms with E-state index in [0.29, 0.717) is 120 Å². The van der Waals surface area contributed by atoms with E-state index in [1.807, 2.05) is 11.0 Å². The summed E-state index contributed by atoms with van der Waals surface area (Å²) in [6.45, 7) is 10.8. The van der Waals surface area contributed by atoms with E-state index in [-0.39, 0.29) is 36.1 Å². The molecule has 3 rings (SSSR count). The lowest BCUT2D eigenvalue weighted by molar-refractivity contribution is -0.132. The van der Waals surface area contributed by atoms with E-state index < -0.39 is 0 Å². The molecule has 0 aliphatic carbocycles. The first-order valence-electron chi connectivity index (χ1n) is 18.9. The summed E-state index contributed by atoms with van der Waals surface area (Å²) in [7, 11) is 0. The molecule has 1 aromatic carbocycles. The highest BCUT2D eigenvalue weighted by Crippen LogP contribution is 2.29. The van der Waals surface area contributed by atoms with E-state index in [9.17, 15) is 19.2 Å². The van der Waals surface area contributed by atoms with Crippen LogP contribution in [0.5, 0.6) is 0 Å². The Balaban J connectivity index is 1.22. The largest absolute Gasteiger partial charge is 0.379 e. The molecule has 15 nitrogen and oxygen atoms in total. The van der Waals surface area contributed by atoms with Gasteiger partial charge >= 0.3 is 0 Å². The first-order chi connectivity index (χ1) is 26.3. The topological polar surface area (TPSA) is 185 Å². The molecule has 1 atom stereocenters. The third-order valence-electron chi connectivity index (χ3n) is 8.35. The molecule has 2 heterocycles. The molecule has 1 saturated heterocycles. The molecule has 0 radical (unpaired) electrons. The van der Waals surface area contributed by atoms with E-state index in [2.05, 4.69) is 50.1 Å². The Bertz CT molecular complexity index is 1470. The maximum atomic E-state index is 13.0. The Morgan fingerprint density at radius 1 is 0.889 bits per heavy atom. The Morgan fingerprint density at radius 3 is 2.17 bits per heavy atom. The van der Waals surface area contributed by atoms with Gasteiger partial charge in [0.15, 0.2) is 5.82 Å². The van der Waals surface area contributed by atoms with Gasteiger partial charge in [0, 0.05) is 64.7 Å². The van der Waals surface area contributed by atoms with Gasteiger partial charge in [-0.25, -0.2) is 4.98 Å². The molecule has 1 aromatic heterocycles. The van der Waals surface area contributed by atoms with Crippen LogP contribution < -0.4 is 26.6 Å². The van der Waals surface area contributed by atoms with Crippen LogP contribution in [0, 0.1) is 0 Å². The van der Waals surface area contributed by atoms with Crippen LogP contribution in [0.3, 0.4) is 0 Å². The molecule has 54 heavy (non-hydrogen) atoms. The number of hydrogen-bond acceptors (Lipinski definition) is 11. The monoisotopic (exact) mass is 772 g/mol. The van der Waals surface area contributed by atoms with Crippen molar-refractivity contribution in [3.05, 3.63) is 48.1 Å². The molecule has 0 unspecified atom stereocenters. The molecular weight excluding hydrogens is 716 g/mol. The molecule has 1 aliphatic heterocycles. The Labute approximate surface area is 323 Å². The first kappa shape index (κ1) is 44.1.